The smallest absolute Gasteiger partial charge is 0.218 e. The van der Waals surface area contributed by atoms with E-state index in [1.807, 2.05) is 37.3 Å². The third-order valence-corrected chi connectivity index (χ3v) is 11.4. The molecule has 9 atom stereocenters. The number of furan rings is 1. The fourth-order valence-electron chi connectivity index (χ4n) is 9.28. The van der Waals surface area contributed by atoms with Crippen LogP contribution in [0.15, 0.2) is 64.6 Å². The fraction of sp³-hybridized carbons (Fsp3) is 0.529. The van der Waals surface area contributed by atoms with Gasteiger partial charge in [-0.3, -0.25) is 9.59 Å². The summed E-state index contributed by atoms with van der Waals surface area (Å²) in [5.74, 6) is -0.675. The van der Waals surface area contributed by atoms with Crippen LogP contribution in [-0.4, -0.2) is 57.0 Å². The van der Waals surface area contributed by atoms with Crippen LogP contribution in [0.4, 0.5) is 4.39 Å². The number of carbonyl (C=O) groups is 2. The van der Waals surface area contributed by atoms with Gasteiger partial charge in [0, 0.05) is 23.2 Å². The predicted molar refractivity (Wildman–Crippen MR) is 151 cm³/mol. The van der Waals surface area contributed by atoms with Crippen LogP contribution >= 0.6 is 0 Å². The van der Waals surface area contributed by atoms with Crippen LogP contribution in [0.5, 0.6) is 0 Å². The second-order valence-corrected chi connectivity index (χ2v) is 13.3. The Balaban J connectivity index is 1.19. The van der Waals surface area contributed by atoms with Crippen molar-refractivity contribution in [1.82, 2.24) is 0 Å². The first-order valence-corrected chi connectivity index (χ1v) is 15.1. The number of ketones is 2. The summed E-state index contributed by atoms with van der Waals surface area (Å²) in [5, 5.41) is 31.1. The molecule has 1 aliphatic heterocycles. The van der Waals surface area contributed by atoms with Gasteiger partial charge >= 0.3 is 0 Å². The molecule has 1 aromatic heterocycles. The van der Waals surface area contributed by atoms with Crippen molar-refractivity contribution in [2.45, 2.75) is 82.3 Å². The molecule has 0 amide bonds. The molecule has 4 fully saturated rings. The van der Waals surface area contributed by atoms with E-state index < -0.39 is 58.9 Å². The summed E-state index contributed by atoms with van der Waals surface area (Å²) in [7, 11) is 0. The number of hydrogen-bond donors (Lipinski definition) is 3. The van der Waals surface area contributed by atoms with Crippen LogP contribution in [0.2, 0.25) is 0 Å². The Bertz CT molecular complexity index is 1530. The Morgan fingerprint density at radius 3 is 2.53 bits per heavy atom. The number of allylic oxidation sites excluding steroid dienone is 4. The summed E-state index contributed by atoms with van der Waals surface area (Å²) in [6, 6.07) is 11.1. The first-order valence-electron chi connectivity index (χ1n) is 15.1. The van der Waals surface area contributed by atoms with E-state index in [-0.39, 0.29) is 24.7 Å². The lowest BCUT2D eigenvalue weighted by Crippen LogP contribution is -2.69. The second-order valence-electron chi connectivity index (χ2n) is 13.3. The largest absolute Gasteiger partial charge is 0.460 e. The van der Waals surface area contributed by atoms with Crippen molar-refractivity contribution in [3.63, 3.8) is 0 Å². The van der Waals surface area contributed by atoms with Gasteiger partial charge in [-0.1, -0.05) is 42.8 Å². The van der Waals surface area contributed by atoms with Gasteiger partial charge in [-0.25, -0.2) is 4.39 Å². The zero-order chi connectivity index (χ0) is 30.4. The highest BCUT2D eigenvalue weighted by molar-refractivity contribution is 6.01. The minimum absolute atomic E-state index is 0.0314. The Morgan fingerprint density at radius 1 is 1.07 bits per heavy atom. The molecule has 8 nitrogen and oxygen atoms in total. The molecular weight excluding hydrogens is 555 g/mol. The van der Waals surface area contributed by atoms with Crippen LogP contribution in [0.25, 0.3) is 0 Å². The monoisotopic (exact) mass is 592 g/mol. The highest BCUT2D eigenvalue weighted by Crippen LogP contribution is 2.72. The van der Waals surface area contributed by atoms with E-state index in [2.05, 4.69) is 0 Å². The van der Waals surface area contributed by atoms with Crippen LogP contribution < -0.4 is 0 Å². The number of aliphatic hydroxyl groups excluding tert-OH is 3. The SMILES string of the molecule is C[C@]12C=CC(=O)C=C1CC[C@H]1[C@@H]3C[C@H]4O[C@@H](c5ccc(Cc6ccc(CO)cc6)o5)O[C@@]4(C(=O)CO)[C@@]3(C)C[C@H](O)[C@@]12F. The molecule has 4 aliphatic carbocycles. The van der Waals surface area contributed by atoms with Crippen molar-refractivity contribution >= 4 is 11.6 Å². The molecule has 9 heteroatoms. The number of ether oxygens (including phenoxy) is 2. The van der Waals surface area contributed by atoms with Crippen molar-refractivity contribution in [2.24, 2.45) is 22.7 Å². The number of aliphatic hydroxyl groups is 3. The quantitative estimate of drug-likeness (QED) is 0.459. The van der Waals surface area contributed by atoms with Gasteiger partial charge in [-0.2, -0.15) is 0 Å². The third kappa shape index (κ3) is 3.78. The van der Waals surface area contributed by atoms with Gasteiger partial charge < -0.3 is 29.2 Å². The van der Waals surface area contributed by atoms with Gasteiger partial charge in [0.15, 0.2) is 28.6 Å². The van der Waals surface area contributed by atoms with Crippen LogP contribution in [0.1, 0.15) is 68.5 Å². The average Bonchev–Trinajstić information content (AvgIpc) is 3.67. The predicted octanol–water partition coefficient (Wildman–Crippen LogP) is 4.06. The molecule has 43 heavy (non-hydrogen) atoms. The number of halogens is 1. The number of Topliss-reactive ketones (excluding diaryl/α,β-unsaturated/α-hetero) is 1. The first kappa shape index (κ1) is 28.8. The number of fused-ring (bicyclic) bond motifs is 7. The summed E-state index contributed by atoms with van der Waals surface area (Å²) in [4.78, 5) is 25.8. The fourth-order valence-corrected chi connectivity index (χ4v) is 9.28. The summed E-state index contributed by atoms with van der Waals surface area (Å²) >= 11 is 0. The molecule has 1 saturated heterocycles. The molecule has 1 aromatic carbocycles. The highest BCUT2D eigenvalue weighted by atomic mass is 19.1. The van der Waals surface area contributed by atoms with Crippen molar-refractivity contribution in [2.75, 3.05) is 6.61 Å². The van der Waals surface area contributed by atoms with Gasteiger partial charge in [0.1, 0.15) is 12.4 Å². The number of hydrogen-bond acceptors (Lipinski definition) is 8. The van der Waals surface area contributed by atoms with E-state index in [0.29, 0.717) is 42.8 Å². The van der Waals surface area contributed by atoms with E-state index in [1.165, 1.54) is 12.2 Å². The summed E-state index contributed by atoms with van der Waals surface area (Å²) in [5.41, 5.74) is -3.33. The normalized spacial score (nSPS) is 41.3. The van der Waals surface area contributed by atoms with Gasteiger partial charge in [0.25, 0.3) is 0 Å². The first-order chi connectivity index (χ1) is 20.5. The Hall–Kier alpha value is -2.95. The molecule has 7 rings (SSSR count). The third-order valence-electron chi connectivity index (χ3n) is 11.4. The van der Waals surface area contributed by atoms with Crippen LogP contribution in [0, 0.1) is 22.7 Å². The second kappa shape index (κ2) is 9.78. The van der Waals surface area contributed by atoms with E-state index >= 15 is 4.39 Å². The molecule has 228 valence electrons. The highest BCUT2D eigenvalue weighted by Gasteiger charge is 2.79. The lowest BCUT2D eigenvalue weighted by atomic mass is 9.44. The maximum atomic E-state index is 17.5. The van der Waals surface area contributed by atoms with E-state index in [4.69, 9.17) is 13.9 Å². The topological polar surface area (TPSA) is 126 Å². The number of carbonyl (C=O) groups excluding carboxylic acids is 2. The van der Waals surface area contributed by atoms with Gasteiger partial charge in [0.2, 0.25) is 6.29 Å². The maximum Gasteiger partial charge on any atom is 0.218 e. The Morgan fingerprint density at radius 2 is 1.81 bits per heavy atom. The number of rotatable bonds is 6. The van der Waals surface area contributed by atoms with E-state index in [1.54, 1.807) is 19.1 Å². The van der Waals surface area contributed by atoms with Crippen molar-refractivity contribution in [3.8, 4) is 0 Å². The molecule has 0 unspecified atom stereocenters. The molecule has 2 aromatic rings. The lowest BCUT2D eigenvalue weighted by molar-refractivity contribution is -0.232. The Labute approximate surface area is 249 Å². The maximum absolute atomic E-state index is 17.5. The molecule has 0 radical (unpaired) electrons. The minimum Gasteiger partial charge on any atom is -0.460 e. The van der Waals surface area contributed by atoms with Gasteiger partial charge in [-0.15, -0.1) is 0 Å². The van der Waals surface area contributed by atoms with E-state index in [9.17, 15) is 24.9 Å². The molecule has 5 aliphatic rings. The summed E-state index contributed by atoms with van der Waals surface area (Å²) < 4.78 is 36.5. The van der Waals surface area contributed by atoms with Crippen molar-refractivity contribution in [3.05, 3.63) is 82.8 Å². The molecular formula is C34H37FO8. The van der Waals surface area contributed by atoms with Crippen LogP contribution in [-0.2, 0) is 32.1 Å². The lowest BCUT2D eigenvalue weighted by Gasteiger charge is -2.62. The zero-order valence-electron chi connectivity index (χ0n) is 24.3. The molecule has 0 bridgehead atoms. The molecule has 3 N–H and O–H groups in total. The number of benzene rings is 1. The van der Waals surface area contributed by atoms with Crippen molar-refractivity contribution < 1.29 is 43.2 Å². The Kier molecular flexibility index (Phi) is 6.55. The van der Waals surface area contributed by atoms with Crippen LogP contribution in [0.3, 0.4) is 0 Å². The van der Waals surface area contributed by atoms with Gasteiger partial charge in [-0.05, 0) is 73.9 Å². The minimum atomic E-state index is -2.05. The molecule has 3 saturated carbocycles. The number of alkyl halides is 1. The van der Waals surface area contributed by atoms with E-state index in [0.717, 1.165) is 11.1 Å². The average molecular weight is 593 g/mol. The summed E-state index contributed by atoms with van der Waals surface area (Å²) in [6.07, 6.45) is 2.94. The summed E-state index contributed by atoms with van der Waals surface area (Å²) in [6.45, 7) is 2.80. The zero-order valence-corrected chi connectivity index (χ0v) is 24.3. The van der Waals surface area contributed by atoms with Crippen molar-refractivity contribution in [1.29, 1.82) is 0 Å². The molecule has 0 spiro atoms. The standard InChI is InChI=1S/C34H37FO8/c1-31-12-11-22(38)14-21(31)7-9-24-25-15-29-34(28(40)18-37,32(25,2)16-27(39)33(24,31)35)43-30(42-29)26-10-8-23(41-26)13-19-3-5-20(17-36)6-4-19/h3-6,8,10-12,14,24-25,27,29-30,36-37,39H,7,9,13,15-18H2,1-2H3/t24-,25-,27-,29+,30+,31-,32-,33-,34+/m0/s1. The molecule has 2 heterocycles. The van der Waals surface area contributed by atoms with Gasteiger partial charge in [0.05, 0.1) is 18.8 Å².